The molecule has 1 atom stereocenters. The molecule has 0 spiro atoms. The van der Waals surface area contributed by atoms with Crippen molar-refractivity contribution in [1.29, 1.82) is 0 Å². The molecule has 170 valence electrons. The minimum Gasteiger partial charge on any atom is -0.339 e. The number of hydrogen-bond donors (Lipinski definition) is 2. The Morgan fingerprint density at radius 2 is 1.52 bits per heavy atom. The number of carbonyl (C=O) groups excluding carboxylic acids is 2. The quantitative estimate of drug-likeness (QED) is 0.537. The normalized spacial score (nSPS) is 14.5. The highest BCUT2D eigenvalue weighted by atomic mass is 16.2. The van der Waals surface area contributed by atoms with Crippen LogP contribution in [0.5, 0.6) is 0 Å². The molecule has 0 radical (unpaired) electrons. The molecule has 0 aromatic heterocycles. The average molecular weight is 442 g/mol. The topological polar surface area (TPSA) is 61.4 Å². The maximum absolute atomic E-state index is 13.1. The maximum Gasteiger partial charge on any atom is 0.253 e. The Hall–Kier alpha value is -3.44. The molecule has 0 bridgehead atoms. The third-order valence-corrected chi connectivity index (χ3v) is 6.07. The molecule has 1 aliphatic rings. The summed E-state index contributed by atoms with van der Waals surface area (Å²) in [4.78, 5) is 27.8. The Morgan fingerprint density at radius 1 is 0.848 bits per heavy atom. The Bertz CT molecular complexity index is 1060. The molecule has 0 saturated carbocycles. The summed E-state index contributed by atoms with van der Waals surface area (Å²) < 4.78 is 0. The molecule has 0 unspecified atom stereocenters. The zero-order valence-electron chi connectivity index (χ0n) is 19.1. The van der Waals surface area contributed by atoms with Crippen LogP contribution in [0.25, 0.3) is 0 Å². The van der Waals surface area contributed by atoms with Crippen LogP contribution in [0.1, 0.15) is 52.4 Å². The van der Waals surface area contributed by atoms with Crippen molar-refractivity contribution in [2.45, 2.75) is 38.8 Å². The second-order valence-corrected chi connectivity index (χ2v) is 8.63. The van der Waals surface area contributed by atoms with Crippen molar-refractivity contribution in [3.05, 3.63) is 101 Å². The standard InChI is InChI=1S/C28H31N3O2/c1-21-10-16-25(17-11-21)30-27(32)26(23-8-4-2-5-9-23)29-20-22-12-14-24(15-13-22)28(33)31-18-6-3-7-19-31/h2,4-5,8-17,26,29H,3,6-7,18-20H2,1H3,(H,30,32)/t26-/m1/s1. The van der Waals surface area contributed by atoms with Crippen LogP contribution in [-0.2, 0) is 11.3 Å². The molecule has 1 saturated heterocycles. The summed E-state index contributed by atoms with van der Waals surface area (Å²) in [7, 11) is 0. The monoisotopic (exact) mass is 441 g/mol. The van der Waals surface area contributed by atoms with Gasteiger partial charge in [0.05, 0.1) is 0 Å². The molecule has 2 amide bonds. The van der Waals surface area contributed by atoms with E-state index in [2.05, 4.69) is 10.6 Å². The summed E-state index contributed by atoms with van der Waals surface area (Å²) in [5, 5.41) is 6.40. The number of nitrogens with zero attached hydrogens (tertiary/aromatic N) is 1. The maximum atomic E-state index is 13.1. The van der Waals surface area contributed by atoms with E-state index in [9.17, 15) is 9.59 Å². The summed E-state index contributed by atoms with van der Waals surface area (Å²) in [6.07, 6.45) is 3.37. The van der Waals surface area contributed by atoms with E-state index >= 15 is 0 Å². The van der Waals surface area contributed by atoms with Crippen LogP contribution in [-0.4, -0.2) is 29.8 Å². The minimum atomic E-state index is -0.498. The Kier molecular flexibility index (Phi) is 7.53. The van der Waals surface area contributed by atoms with Crippen LogP contribution < -0.4 is 10.6 Å². The Balaban J connectivity index is 1.42. The largest absolute Gasteiger partial charge is 0.339 e. The van der Waals surface area contributed by atoms with Crippen LogP contribution in [0.3, 0.4) is 0 Å². The summed E-state index contributed by atoms with van der Waals surface area (Å²) in [6, 6.07) is 24.7. The van der Waals surface area contributed by atoms with Crippen LogP contribution in [0.4, 0.5) is 5.69 Å². The number of likely N-dealkylation sites (tertiary alicyclic amines) is 1. The molecule has 2 N–H and O–H groups in total. The molecular formula is C28H31N3O2. The van der Waals surface area contributed by atoms with Crippen molar-refractivity contribution in [2.75, 3.05) is 18.4 Å². The Morgan fingerprint density at radius 3 is 2.18 bits per heavy atom. The van der Waals surface area contributed by atoms with Crippen molar-refractivity contribution >= 4 is 17.5 Å². The van der Waals surface area contributed by atoms with Gasteiger partial charge in [0.25, 0.3) is 5.91 Å². The number of carbonyl (C=O) groups is 2. The lowest BCUT2D eigenvalue weighted by molar-refractivity contribution is -0.118. The fraction of sp³-hybridized carbons (Fsp3) is 0.286. The van der Waals surface area contributed by atoms with Crippen molar-refractivity contribution in [1.82, 2.24) is 10.2 Å². The zero-order valence-corrected chi connectivity index (χ0v) is 19.1. The van der Waals surface area contributed by atoms with E-state index in [-0.39, 0.29) is 11.8 Å². The first-order chi connectivity index (χ1) is 16.1. The van der Waals surface area contributed by atoms with E-state index in [1.165, 1.54) is 6.42 Å². The van der Waals surface area contributed by atoms with Crippen LogP contribution in [0, 0.1) is 6.92 Å². The average Bonchev–Trinajstić information content (AvgIpc) is 2.87. The van der Waals surface area contributed by atoms with Gasteiger partial charge < -0.3 is 10.2 Å². The number of piperidine rings is 1. The highest BCUT2D eigenvalue weighted by Crippen LogP contribution is 2.18. The van der Waals surface area contributed by atoms with Gasteiger partial charge in [-0.2, -0.15) is 0 Å². The van der Waals surface area contributed by atoms with Gasteiger partial charge in [-0.25, -0.2) is 0 Å². The third-order valence-electron chi connectivity index (χ3n) is 6.07. The summed E-state index contributed by atoms with van der Waals surface area (Å²) in [6.45, 7) is 4.22. The van der Waals surface area contributed by atoms with Crippen LogP contribution in [0.2, 0.25) is 0 Å². The number of anilines is 1. The number of benzene rings is 3. The summed E-state index contributed by atoms with van der Waals surface area (Å²) in [5.41, 5.74) is 4.56. The molecule has 1 fully saturated rings. The molecule has 3 aromatic rings. The fourth-order valence-corrected chi connectivity index (χ4v) is 4.12. The van der Waals surface area contributed by atoms with Gasteiger partial charge in [0.1, 0.15) is 6.04 Å². The second-order valence-electron chi connectivity index (χ2n) is 8.63. The van der Waals surface area contributed by atoms with Gasteiger partial charge >= 0.3 is 0 Å². The highest BCUT2D eigenvalue weighted by Gasteiger charge is 2.21. The SMILES string of the molecule is Cc1ccc(NC(=O)[C@H](NCc2ccc(C(=O)N3CCCCC3)cc2)c2ccccc2)cc1. The molecule has 4 rings (SSSR count). The van der Waals surface area contributed by atoms with Crippen molar-refractivity contribution in [2.24, 2.45) is 0 Å². The van der Waals surface area contributed by atoms with E-state index in [0.29, 0.717) is 6.54 Å². The lowest BCUT2D eigenvalue weighted by Crippen LogP contribution is -2.35. The lowest BCUT2D eigenvalue weighted by Gasteiger charge is -2.26. The van der Waals surface area contributed by atoms with Crippen molar-refractivity contribution in [3.8, 4) is 0 Å². The molecule has 1 heterocycles. The summed E-state index contributed by atoms with van der Waals surface area (Å²) in [5.74, 6) is -0.00389. The van der Waals surface area contributed by atoms with Crippen molar-refractivity contribution < 1.29 is 9.59 Å². The molecular weight excluding hydrogens is 410 g/mol. The highest BCUT2D eigenvalue weighted by molar-refractivity contribution is 5.95. The van der Waals surface area contributed by atoms with Gasteiger partial charge in [0, 0.05) is 30.9 Å². The number of amides is 2. The molecule has 5 heteroatoms. The summed E-state index contributed by atoms with van der Waals surface area (Å²) >= 11 is 0. The smallest absolute Gasteiger partial charge is 0.253 e. The van der Waals surface area contributed by atoms with E-state index in [4.69, 9.17) is 0 Å². The van der Waals surface area contributed by atoms with Gasteiger partial charge in [-0.05, 0) is 61.6 Å². The first-order valence-electron chi connectivity index (χ1n) is 11.6. The molecule has 33 heavy (non-hydrogen) atoms. The number of aryl methyl sites for hydroxylation is 1. The van der Waals surface area contributed by atoms with Crippen LogP contribution >= 0.6 is 0 Å². The molecule has 0 aliphatic carbocycles. The van der Waals surface area contributed by atoms with Gasteiger partial charge in [0.2, 0.25) is 5.91 Å². The second kappa shape index (κ2) is 10.9. The van der Waals surface area contributed by atoms with Gasteiger partial charge in [-0.3, -0.25) is 14.9 Å². The molecule has 3 aromatic carbocycles. The van der Waals surface area contributed by atoms with Crippen molar-refractivity contribution in [3.63, 3.8) is 0 Å². The first-order valence-corrected chi connectivity index (χ1v) is 11.6. The van der Waals surface area contributed by atoms with E-state index in [1.807, 2.05) is 90.7 Å². The fourth-order valence-electron chi connectivity index (χ4n) is 4.12. The third kappa shape index (κ3) is 6.08. The number of nitrogens with one attached hydrogen (secondary N) is 2. The number of rotatable bonds is 7. The molecule has 5 nitrogen and oxygen atoms in total. The van der Waals surface area contributed by atoms with Gasteiger partial charge in [0.15, 0.2) is 0 Å². The minimum absolute atomic E-state index is 0.105. The molecule has 1 aliphatic heterocycles. The first kappa shape index (κ1) is 22.7. The zero-order chi connectivity index (χ0) is 23.0. The van der Waals surface area contributed by atoms with Gasteiger partial charge in [-0.1, -0.05) is 60.2 Å². The predicted molar refractivity (Wildman–Crippen MR) is 132 cm³/mol. The van der Waals surface area contributed by atoms with Crippen LogP contribution in [0.15, 0.2) is 78.9 Å². The van der Waals surface area contributed by atoms with E-state index < -0.39 is 6.04 Å². The van der Waals surface area contributed by atoms with E-state index in [0.717, 1.165) is 53.9 Å². The lowest BCUT2D eigenvalue weighted by atomic mass is 10.0. The predicted octanol–water partition coefficient (Wildman–Crippen LogP) is 5.09. The number of hydrogen-bond acceptors (Lipinski definition) is 3. The van der Waals surface area contributed by atoms with E-state index in [1.54, 1.807) is 0 Å². The Labute approximate surface area is 195 Å². The van der Waals surface area contributed by atoms with Gasteiger partial charge in [-0.15, -0.1) is 0 Å².